The molecule has 0 atom stereocenters. The van der Waals surface area contributed by atoms with Gasteiger partial charge in [0, 0.05) is 14.0 Å². The van der Waals surface area contributed by atoms with E-state index in [0.29, 0.717) is 5.16 Å². The molecule has 12 heavy (non-hydrogen) atoms. The molecule has 0 amide bonds. The zero-order valence-electron chi connectivity index (χ0n) is 6.59. The second-order valence-corrected chi connectivity index (χ2v) is 2.70. The lowest BCUT2D eigenvalue weighted by Gasteiger charge is -1.97. The lowest BCUT2D eigenvalue weighted by Crippen LogP contribution is -1.96. The standard InChI is InChI=1S/C5H7N4O2S/c1-4(10)11-3-12-5-6-7-8-9(5)2/h3H,1-2H3. The van der Waals surface area contributed by atoms with Crippen LogP contribution >= 0.6 is 11.8 Å². The molecule has 65 valence electrons. The molecule has 0 N–H and O–H groups in total. The summed E-state index contributed by atoms with van der Waals surface area (Å²) >= 11 is 1.14. The van der Waals surface area contributed by atoms with E-state index in [1.807, 2.05) is 0 Å². The average molecular weight is 187 g/mol. The van der Waals surface area contributed by atoms with E-state index in [9.17, 15) is 4.79 Å². The lowest BCUT2D eigenvalue weighted by molar-refractivity contribution is -0.136. The Balaban J connectivity index is 2.33. The summed E-state index contributed by atoms with van der Waals surface area (Å²) in [6.45, 7) is 1.33. The zero-order chi connectivity index (χ0) is 8.97. The third-order valence-electron chi connectivity index (χ3n) is 0.949. The molecule has 1 aromatic rings. The second-order valence-electron chi connectivity index (χ2n) is 1.91. The fraction of sp³-hybridized carbons (Fsp3) is 0.400. The van der Waals surface area contributed by atoms with Crippen LogP contribution in [0.1, 0.15) is 6.92 Å². The van der Waals surface area contributed by atoms with Gasteiger partial charge >= 0.3 is 5.97 Å². The van der Waals surface area contributed by atoms with E-state index in [2.05, 4.69) is 20.3 Å². The van der Waals surface area contributed by atoms with Gasteiger partial charge in [-0.3, -0.25) is 4.79 Å². The normalized spacial score (nSPS) is 9.83. The average Bonchev–Trinajstić information content (AvgIpc) is 2.36. The molecule has 1 aromatic heterocycles. The third kappa shape index (κ3) is 2.50. The van der Waals surface area contributed by atoms with Gasteiger partial charge in [0.2, 0.25) is 11.1 Å². The molecule has 0 unspecified atom stereocenters. The summed E-state index contributed by atoms with van der Waals surface area (Å²) in [6.07, 6.45) is 0. The van der Waals surface area contributed by atoms with E-state index in [0.717, 1.165) is 11.8 Å². The molecular weight excluding hydrogens is 180 g/mol. The van der Waals surface area contributed by atoms with Crippen LogP contribution in [0.4, 0.5) is 0 Å². The van der Waals surface area contributed by atoms with Crippen LogP contribution in [0, 0.1) is 5.94 Å². The Kier molecular flexibility index (Phi) is 3.03. The first-order valence-corrected chi connectivity index (χ1v) is 3.96. The fourth-order valence-electron chi connectivity index (χ4n) is 0.456. The van der Waals surface area contributed by atoms with Gasteiger partial charge < -0.3 is 4.74 Å². The minimum absolute atomic E-state index is 0.363. The van der Waals surface area contributed by atoms with Crippen molar-refractivity contribution in [3.05, 3.63) is 5.94 Å². The van der Waals surface area contributed by atoms with E-state index >= 15 is 0 Å². The third-order valence-corrected chi connectivity index (χ3v) is 1.70. The number of tetrazole rings is 1. The molecule has 0 saturated heterocycles. The predicted molar refractivity (Wildman–Crippen MR) is 40.7 cm³/mol. The summed E-state index contributed by atoms with van der Waals surface area (Å²) in [5, 5.41) is 11.2. The van der Waals surface area contributed by atoms with Gasteiger partial charge in [0.05, 0.1) is 0 Å². The molecule has 7 heteroatoms. The van der Waals surface area contributed by atoms with Gasteiger partial charge in [-0.2, -0.15) is 0 Å². The summed E-state index contributed by atoms with van der Waals surface area (Å²) in [6, 6.07) is 0. The van der Waals surface area contributed by atoms with Gasteiger partial charge in [0.1, 0.15) is 0 Å². The number of aromatic nitrogens is 4. The van der Waals surface area contributed by atoms with Gasteiger partial charge in [-0.05, 0) is 22.2 Å². The summed E-state index contributed by atoms with van der Waals surface area (Å²) in [7, 11) is 1.70. The van der Waals surface area contributed by atoms with Gasteiger partial charge in [-0.1, -0.05) is 0 Å². The Labute approximate surface area is 73.3 Å². The minimum atomic E-state index is -0.363. The molecule has 1 radical (unpaired) electrons. The maximum Gasteiger partial charge on any atom is 0.303 e. The fourth-order valence-corrected chi connectivity index (χ4v) is 0.998. The van der Waals surface area contributed by atoms with Crippen LogP contribution in [0.3, 0.4) is 0 Å². The SMILES string of the molecule is CC(=O)O[CH]Sc1nnnn1C. The van der Waals surface area contributed by atoms with Crippen LogP contribution in [0.2, 0.25) is 0 Å². The second kappa shape index (κ2) is 4.05. The van der Waals surface area contributed by atoms with Crippen molar-refractivity contribution < 1.29 is 9.53 Å². The molecule has 1 rings (SSSR count). The topological polar surface area (TPSA) is 69.9 Å². The van der Waals surface area contributed by atoms with E-state index in [1.54, 1.807) is 7.05 Å². The van der Waals surface area contributed by atoms with Crippen molar-refractivity contribution >= 4 is 17.7 Å². The van der Waals surface area contributed by atoms with Crippen molar-refractivity contribution in [3.63, 3.8) is 0 Å². The molecule has 6 nitrogen and oxygen atoms in total. The number of hydrogen-bond acceptors (Lipinski definition) is 6. The van der Waals surface area contributed by atoms with E-state index < -0.39 is 0 Å². The minimum Gasteiger partial charge on any atom is -0.446 e. The number of aryl methyl sites for hydroxylation is 1. The van der Waals surface area contributed by atoms with Crippen LogP contribution in [0.5, 0.6) is 0 Å². The molecule has 0 saturated carbocycles. The summed E-state index contributed by atoms with van der Waals surface area (Å²) in [4.78, 5) is 10.3. The van der Waals surface area contributed by atoms with Crippen molar-refractivity contribution in [3.8, 4) is 0 Å². The first-order chi connectivity index (χ1) is 5.70. The molecule has 0 aliphatic heterocycles. The van der Waals surface area contributed by atoms with E-state index in [4.69, 9.17) is 0 Å². The molecule has 0 bridgehead atoms. The number of ether oxygens (including phenoxy) is 1. The lowest BCUT2D eigenvalue weighted by atomic mass is 10.8. The monoisotopic (exact) mass is 187 g/mol. The Morgan fingerprint density at radius 2 is 2.50 bits per heavy atom. The van der Waals surface area contributed by atoms with Crippen molar-refractivity contribution in [2.75, 3.05) is 0 Å². The van der Waals surface area contributed by atoms with Gasteiger partial charge in [0.25, 0.3) is 0 Å². The highest BCUT2D eigenvalue weighted by Crippen LogP contribution is 2.15. The highest BCUT2D eigenvalue weighted by atomic mass is 32.2. The van der Waals surface area contributed by atoms with Crippen molar-refractivity contribution in [2.45, 2.75) is 12.1 Å². The highest BCUT2D eigenvalue weighted by molar-refractivity contribution is 8.00. The van der Waals surface area contributed by atoms with Crippen LogP contribution < -0.4 is 0 Å². The molecule has 0 spiro atoms. The highest BCUT2D eigenvalue weighted by Gasteiger charge is 2.03. The van der Waals surface area contributed by atoms with Crippen LogP contribution in [-0.4, -0.2) is 26.2 Å². The molecule has 0 aromatic carbocycles. The molecular formula is C5H7N4O2S. The number of nitrogens with zero attached hydrogens (tertiary/aromatic N) is 4. The summed E-state index contributed by atoms with van der Waals surface area (Å²) < 4.78 is 6.04. The molecule has 0 aliphatic rings. The first-order valence-electron chi connectivity index (χ1n) is 3.08. The van der Waals surface area contributed by atoms with Gasteiger partial charge in [-0.15, -0.1) is 5.10 Å². The summed E-state index contributed by atoms with van der Waals surface area (Å²) in [5.74, 6) is 0.922. The Morgan fingerprint density at radius 1 is 1.75 bits per heavy atom. The van der Waals surface area contributed by atoms with E-state index in [-0.39, 0.29) is 5.97 Å². The van der Waals surface area contributed by atoms with Gasteiger partial charge in [0.15, 0.2) is 0 Å². The molecule has 0 aliphatic carbocycles. The largest absolute Gasteiger partial charge is 0.446 e. The van der Waals surface area contributed by atoms with Crippen LogP contribution in [-0.2, 0) is 16.6 Å². The summed E-state index contributed by atoms with van der Waals surface area (Å²) in [5.41, 5.74) is 0. The quantitative estimate of drug-likeness (QED) is 0.489. The van der Waals surface area contributed by atoms with Crippen LogP contribution in [0.15, 0.2) is 5.16 Å². The number of carbonyl (C=O) groups is 1. The molecule has 1 heterocycles. The number of hydrogen-bond donors (Lipinski definition) is 0. The van der Waals surface area contributed by atoms with E-state index in [1.165, 1.54) is 17.5 Å². The maximum atomic E-state index is 10.3. The predicted octanol–water partition coefficient (Wildman–Crippen LogP) is -0.0154. The smallest absolute Gasteiger partial charge is 0.303 e. The van der Waals surface area contributed by atoms with Crippen molar-refractivity contribution in [1.29, 1.82) is 0 Å². The number of carbonyl (C=O) groups excluding carboxylic acids is 1. The van der Waals surface area contributed by atoms with Crippen molar-refractivity contribution in [1.82, 2.24) is 20.2 Å². The Morgan fingerprint density at radius 3 is 3.00 bits per heavy atom. The first kappa shape index (κ1) is 8.98. The Bertz CT molecular complexity index is 274. The number of thioether (sulfide) groups is 1. The number of rotatable bonds is 3. The van der Waals surface area contributed by atoms with Crippen molar-refractivity contribution in [2.24, 2.45) is 7.05 Å². The molecule has 0 fully saturated rings. The van der Waals surface area contributed by atoms with Gasteiger partial charge in [-0.25, -0.2) is 4.68 Å². The zero-order valence-corrected chi connectivity index (χ0v) is 7.41. The van der Waals surface area contributed by atoms with Crippen LogP contribution in [0.25, 0.3) is 0 Å². The number of esters is 1. The Hall–Kier alpha value is -1.11. The maximum absolute atomic E-state index is 10.3.